The second-order valence-electron chi connectivity index (χ2n) is 5.69. The maximum Gasteiger partial charge on any atom is 0.121 e. The van der Waals surface area contributed by atoms with Crippen LogP contribution in [0.5, 0.6) is 5.75 Å². The van der Waals surface area contributed by atoms with E-state index in [1.807, 2.05) is 19.1 Å². The van der Waals surface area contributed by atoms with Crippen LogP contribution >= 0.6 is 0 Å². The van der Waals surface area contributed by atoms with Crippen LogP contribution in [0.1, 0.15) is 49.8 Å². The standard InChI is InChI=1S/C16H24O2/c1-11-4-6-13(7-5-11)16(17)14-8-9-15(18-3)12(2)10-14/h8-11,13,16-17H,4-7H2,1-3H3. The molecule has 2 nitrogen and oxygen atoms in total. The molecule has 0 saturated heterocycles. The average molecular weight is 248 g/mol. The van der Waals surface area contributed by atoms with Gasteiger partial charge in [0.25, 0.3) is 0 Å². The summed E-state index contributed by atoms with van der Waals surface area (Å²) < 4.78 is 5.26. The molecule has 1 fully saturated rings. The fraction of sp³-hybridized carbons (Fsp3) is 0.625. The van der Waals surface area contributed by atoms with Gasteiger partial charge in [-0.1, -0.05) is 25.8 Å². The van der Waals surface area contributed by atoms with Gasteiger partial charge in [0, 0.05) is 0 Å². The summed E-state index contributed by atoms with van der Waals surface area (Å²) in [6.45, 7) is 4.33. The molecular weight excluding hydrogens is 224 g/mol. The van der Waals surface area contributed by atoms with E-state index in [0.717, 1.165) is 35.6 Å². The Morgan fingerprint density at radius 1 is 1.22 bits per heavy atom. The van der Waals surface area contributed by atoms with Gasteiger partial charge in [-0.25, -0.2) is 0 Å². The van der Waals surface area contributed by atoms with Crippen LogP contribution in [-0.2, 0) is 0 Å². The molecule has 2 rings (SSSR count). The predicted octanol–water partition coefficient (Wildman–Crippen LogP) is 3.86. The van der Waals surface area contributed by atoms with Crippen LogP contribution in [0.2, 0.25) is 0 Å². The van der Waals surface area contributed by atoms with E-state index in [2.05, 4.69) is 13.0 Å². The summed E-state index contributed by atoms with van der Waals surface area (Å²) in [4.78, 5) is 0. The molecule has 0 aromatic heterocycles. The first-order valence-corrected chi connectivity index (χ1v) is 6.94. The largest absolute Gasteiger partial charge is 0.496 e. The number of hydrogen-bond donors (Lipinski definition) is 1. The van der Waals surface area contributed by atoms with E-state index in [1.54, 1.807) is 7.11 Å². The summed E-state index contributed by atoms with van der Waals surface area (Å²) >= 11 is 0. The highest BCUT2D eigenvalue weighted by Gasteiger charge is 2.25. The van der Waals surface area contributed by atoms with Gasteiger partial charge in [-0.15, -0.1) is 0 Å². The monoisotopic (exact) mass is 248 g/mol. The highest BCUT2D eigenvalue weighted by molar-refractivity contribution is 5.37. The number of hydrogen-bond acceptors (Lipinski definition) is 2. The number of aryl methyl sites for hydroxylation is 1. The topological polar surface area (TPSA) is 29.5 Å². The lowest BCUT2D eigenvalue weighted by molar-refractivity contribution is 0.0755. The Balaban J connectivity index is 2.08. The van der Waals surface area contributed by atoms with Crippen LogP contribution in [0.4, 0.5) is 0 Å². The predicted molar refractivity (Wildman–Crippen MR) is 73.8 cm³/mol. The van der Waals surface area contributed by atoms with E-state index in [0.29, 0.717) is 5.92 Å². The van der Waals surface area contributed by atoms with E-state index in [9.17, 15) is 5.11 Å². The van der Waals surface area contributed by atoms with Crippen LogP contribution in [0, 0.1) is 18.8 Å². The molecule has 1 aliphatic carbocycles. The quantitative estimate of drug-likeness (QED) is 0.880. The van der Waals surface area contributed by atoms with Crippen molar-refractivity contribution in [3.63, 3.8) is 0 Å². The van der Waals surface area contributed by atoms with E-state index in [1.165, 1.54) is 12.8 Å². The minimum atomic E-state index is -0.317. The Morgan fingerprint density at radius 2 is 1.89 bits per heavy atom. The molecule has 2 heteroatoms. The summed E-state index contributed by atoms with van der Waals surface area (Å²) in [6, 6.07) is 6.01. The van der Waals surface area contributed by atoms with Crippen LogP contribution in [-0.4, -0.2) is 12.2 Å². The van der Waals surface area contributed by atoms with Crippen molar-refractivity contribution < 1.29 is 9.84 Å². The number of rotatable bonds is 3. The van der Waals surface area contributed by atoms with Crippen LogP contribution in [0.3, 0.4) is 0 Å². The Kier molecular flexibility index (Phi) is 4.28. The number of methoxy groups -OCH3 is 1. The van der Waals surface area contributed by atoms with Gasteiger partial charge >= 0.3 is 0 Å². The van der Waals surface area contributed by atoms with Crippen LogP contribution in [0.25, 0.3) is 0 Å². The first-order valence-electron chi connectivity index (χ1n) is 6.94. The van der Waals surface area contributed by atoms with Crippen molar-refractivity contribution in [2.24, 2.45) is 11.8 Å². The Morgan fingerprint density at radius 3 is 2.44 bits per heavy atom. The molecule has 1 unspecified atom stereocenters. The van der Waals surface area contributed by atoms with Gasteiger partial charge in [0.1, 0.15) is 5.75 Å². The number of ether oxygens (including phenoxy) is 1. The Labute approximate surface area is 110 Å². The minimum Gasteiger partial charge on any atom is -0.496 e. The molecule has 0 aliphatic heterocycles. The second kappa shape index (κ2) is 5.75. The molecule has 0 amide bonds. The van der Waals surface area contributed by atoms with Gasteiger partial charge in [-0.2, -0.15) is 0 Å². The third kappa shape index (κ3) is 2.86. The fourth-order valence-corrected chi connectivity index (χ4v) is 2.96. The molecule has 1 aromatic rings. The summed E-state index contributed by atoms with van der Waals surface area (Å²) in [5, 5.41) is 10.5. The lowest BCUT2D eigenvalue weighted by Gasteiger charge is -2.30. The first kappa shape index (κ1) is 13.4. The zero-order valence-electron chi connectivity index (χ0n) is 11.6. The zero-order chi connectivity index (χ0) is 13.1. The SMILES string of the molecule is COc1ccc(C(O)C2CCC(C)CC2)cc1C. The van der Waals surface area contributed by atoms with Crippen molar-refractivity contribution >= 4 is 0 Å². The molecule has 1 saturated carbocycles. The van der Waals surface area contributed by atoms with E-state index in [4.69, 9.17) is 4.74 Å². The summed E-state index contributed by atoms with van der Waals surface area (Å²) in [5.41, 5.74) is 2.13. The van der Waals surface area contributed by atoms with Crippen molar-refractivity contribution in [2.45, 2.75) is 45.6 Å². The lowest BCUT2D eigenvalue weighted by atomic mass is 9.78. The van der Waals surface area contributed by atoms with E-state index in [-0.39, 0.29) is 6.10 Å². The van der Waals surface area contributed by atoms with Gasteiger partial charge in [-0.3, -0.25) is 0 Å². The molecule has 1 aliphatic rings. The molecule has 1 atom stereocenters. The average Bonchev–Trinajstić information content (AvgIpc) is 2.38. The maximum absolute atomic E-state index is 10.5. The van der Waals surface area contributed by atoms with Crippen molar-refractivity contribution in [1.29, 1.82) is 0 Å². The molecular formula is C16H24O2. The van der Waals surface area contributed by atoms with Gasteiger partial charge in [-0.05, 0) is 54.9 Å². The molecule has 0 spiro atoms. The summed E-state index contributed by atoms with van der Waals surface area (Å²) in [5.74, 6) is 2.14. The van der Waals surface area contributed by atoms with E-state index < -0.39 is 0 Å². The third-order valence-corrected chi connectivity index (χ3v) is 4.27. The third-order valence-electron chi connectivity index (χ3n) is 4.27. The van der Waals surface area contributed by atoms with Crippen LogP contribution < -0.4 is 4.74 Å². The second-order valence-corrected chi connectivity index (χ2v) is 5.69. The molecule has 0 radical (unpaired) electrons. The van der Waals surface area contributed by atoms with Gasteiger partial charge in [0.05, 0.1) is 13.2 Å². The highest BCUT2D eigenvalue weighted by atomic mass is 16.5. The summed E-state index contributed by atoms with van der Waals surface area (Å²) in [7, 11) is 1.68. The highest BCUT2D eigenvalue weighted by Crippen LogP contribution is 2.37. The number of aliphatic hydroxyl groups is 1. The Hall–Kier alpha value is -1.02. The van der Waals surface area contributed by atoms with Crippen molar-refractivity contribution in [1.82, 2.24) is 0 Å². The van der Waals surface area contributed by atoms with Gasteiger partial charge in [0.2, 0.25) is 0 Å². The molecule has 0 bridgehead atoms. The first-order chi connectivity index (χ1) is 8.61. The van der Waals surface area contributed by atoms with Crippen molar-refractivity contribution in [3.8, 4) is 5.75 Å². The fourth-order valence-electron chi connectivity index (χ4n) is 2.96. The number of aliphatic hydroxyl groups excluding tert-OH is 1. The molecule has 0 heterocycles. The normalized spacial score (nSPS) is 25.8. The minimum absolute atomic E-state index is 0.317. The molecule has 18 heavy (non-hydrogen) atoms. The summed E-state index contributed by atoms with van der Waals surface area (Å²) in [6.07, 6.45) is 4.47. The zero-order valence-corrected chi connectivity index (χ0v) is 11.6. The molecule has 1 aromatic carbocycles. The van der Waals surface area contributed by atoms with Crippen molar-refractivity contribution in [3.05, 3.63) is 29.3 Å². The van der Waals surface area contributed by atoms with Gasteiger partial charge in [0.15, 0.2) is 0 Å². The molecule has 100 valence electrons. The van der Waals surface area contributed by atoms with Crippen LogP contribution in [0.15, 0.2) is 18.2 Å². The molecule has 1 N–H and O–H groups in total. The maximum atomic E-state index is 10.5. The van der Waals surface area contributed by atoms with E-state index >= 15 is 0 Å². The van der Waals surface area contributed by atoms with Crippen molar-refractivity contribution in [2.75, 3.05) is 7.11 Å². The Bertz CT molecular complexity index is 392. The smallest absolute Gasteiger partial charge is 0.121 e. The number of benzene rings is 1. The lowest BCUT2D eigenvalue weighted by Crippen LogP contribution is -2.19. The van der Waals surface area contributed by atoms with Gasteiger partial charge < -0.3 is 9.84 Å².